The van der Waals surface area contributed by atoms with E-state index in [4.69, 9.17) is 14.5 Å². The third-order valence-corrected chi connectivity index (χ3v) is 9.12. The summed E-state index contributed by atoms with van der Waals surface area (Å²) in [5.74, 6) is 1.68. The zero-order valence-corrected chi connectivity index (χ0v) is 32.9. The van der Waals surface area contributed by atoms with Gasteiger partial charge in [0.15, 0.2) is 0 Å². The second-order valence-corrected chi connectivity index (χ2v) is 12.7. The Morgan fingerprint density at radius 3 is 2.51 bits per heavy atom. The number of methoxy groups -OCH3 is 1. The number of fused-ring (bicyclic) bond motifs is 1. The van der Waals surface area contributed by atoms with Gasteiger partial charge in [0.25, 0.3) is 0 Å². The normalized spacial score (nSPS) is 20.6. The predicted octanol–water partition coefficient (Wildman–Crippen LogP) is 5.15. The Morgan fingerprint density at radius 2 is 1.78 bits per heavy atom. The summed E-state index contributed by atoms with van der Waals surface area (Å²) in [4.78, 5) is 56.7. The minimum Gasteiger partial charge on any atom is -0.453 e. The number of rotatable bonds is 7. The van der Waals surface area contributed by atoms with Crippen LogP contribution in [0.2, 0.25) is 0 Å². The molecule has 2 fully saturated rings. The Bertz CT molecular complexity index is 1490. The van der Waals surface area contributed by atoms with E-state index >= 15 is 0 Å². The number of imidazole rings is 2. The lowest BCUT2D eigenvalue weighted by atomic mass is 9.96. The van der Waals surface area contributed by atoms with Gasteiger partial charge in [0, 0.05) is 44.0 Å². The lowest BCUT2D eigenvalue weighted by Gasteiger charge is -2.27. The zero-order chi connectivity index (χ0) is 31.9. The summed E-state index contributed by atoms with van der Waals surface area (Å²) in [6.45, 7) is 8.09. The van der Waals surface area contributed by atoms with E-state index in [1.165, 1.54) is 7.11 Å². The van der Waals surface area contributed by atoms with E-state index in [1.807, 2.05) is 17.9 Å². The Labute approximate surface area is 317 Å². The highest BCUT2D eigenvalue weighted by molar-refractivity contribution is 7.59. The zero-order valence-electron chi connectivity index (χ0n) is 28.9. The molecule has 0 saturated carbocycles. The number of likely N-dealkylation sites (tertiary alicyclic amines) is 1. The molecule has 0 spiro atoms. The maximum atomic E-state index is 13.2. The third kappa shape index (κ3) is 11.5. The van der Waals surface area contributed by atoms with E-state index in [0.29, 0.717) is 44.2 Å². The average molecular weight is 758 g/mol. The van der Waals surface area contributed by atoms with Crippen LogP contribution in [0, 0.1) is 11.8 Å². The number of nitrogens with zero attached hydrogens (tertiary/aromatic N) is 3. The van der Waals surface area contributed by atoms with Crippen LogP contribution in [0.1, 0.15) is 101 Å². The van der Waals surface area contributed by atoms with Crippen molar-refractivity contribution >= 4 is 82.9 Å². The minimum absolute atomic E-state index is 0. The lowest BCUT2D eigenvalue weighted by molar-refractivity contribution is -0.137. The number of benzene rings is 1. The van der Waals surface area contributed by atoms with E-state index in [0.717, 1.165) is 66.8 Å². The van der Waals surface area contributed by atoms with Gasteiger partial charge < -0.3 is 35.0 Å². The largest absolute Gasteiger partial charge is 0.453 e. The van der Waals surface area contributed by atoms with Gasteiger partial charge in [-0.1, -0.05) is 39.7 Å². The highest BCUT2D eigenvalue weighted by atomic mass is 32.1. The van der Waals surface area contributed by atoms with Crippen LogP contribution in [-0.4, -0.2) is 75.7 Å². The lowest BCUT2D eigenvalue weighted by Crippen LogP contribution is -2.48. The van der Waals surface area contributed by atoms with Crippen molar-refractivity contribution < 1.29 is 23.9 Å². The van der Waals surface area contributed by atoms with Crippen LogP contribution in [-0.2, 0) is 25.5 Å². The third-order valence-electron chi connectivity index (χ3n) is 9.12. The molecule has 4 atom stereocenters. The van der Waals surface area contributed by atoms with Gasteiger partial charge in [0.05, 0.1) is 30.2 Å². The van der Waals surface area contributed by atoms with Gasteiger partial charge in [-0.3, -0.25) is 9.59 Å². The van der Waals surface area contributed by atoms with Crippen molar-refractivity contribution in [3.05, 3.63) is 47.3 Å². The Hall–Kier alpha value is -2.53. The standard InChI is InChI=1S/C33H47N7O5.4H2S/c1-20(2)21(3)32(42)40-14-8-10-28(40)30-36-24-12-11-22(18-27(24)37-30)17-23-19-34-29(35-23)25-13-16-45-15-7-5-6-9-26(31(41)38-25)39-33(43)44-4;;;;/h11-12,18-21,25-26,28H,5-10,13-17H2,1-4H3,(H,34,35)(H,36,37)(H,38,41)(H,39,43);4*1H2/t21-,25-,26-,28-;;;;/m0..../s1. The first-order valence-corrected chi connectivity index (χ1v) is 16.3. The summed E-state index contributed by atoms with van der Waals surface area (Å²) in [5, 5.41) is 5.73. The van der Waals surface area contributed by atoms with Gasteiger partial charge in [-0.2, -0.15) is 54.0 Å². The number of hydrogen-bond donors (Lipinski definition) is 4. The summed E-state index contributed by atoms with van der Waals surface area (Å²) in [6.07, 6.45) is 7.33. The van der Waals surface area contributed by atoms with Crippen LogP contribution in [0.4, 0.5) is 4.79 Å². The van der Waals surface area contributed by atoms with Crippen LogP contribution in [0.3, 0.4) is 0 Å². The van der Waals surface area contributed by atoms with Gasteiger partial charge in [0.1, 0.15) is 17.7 Å². The number of carbonyl (C=O) groups is 3. The fraction of sp³-hybridized carbons (Fsp3) is 0.606. The number of aromatic nitrogens is 4. The number of amides is 3. The molecule has 2 aliphatic rings. The molecule has 276 valence electrons. The van der Waals surface area contributed by atoms with Crippen molar-refractivity contribution in [2.24, 2.45) is 11.8 Å². The van der Waals surface area contributed by atoms with Gasteiger partial charge in [-0.15, -0.1) is 0 Å². The van der Waals surface area contributed by atoms with Gasteiger partial charge in [0.2, 0.25) is 11.8 Å². The molecule has 5 rings (SSSR count). The molecule has 0 bridgehead atoms. The first-order chi connectivity index (χ1) is 21.7. The minimum atomic E-state index is -0.686. The smallest absolute Gasteiger partial charge is 0.407 e. The second kappa shape index (κ2) is 21.0. The van der Waals surface area contributed by atoms with Gasteiger partial charge in [-0.25, -0.2) is 14.8 Å². The molecule has 1 aromatic carbocycles. The molecule has 2 saturated heterocycles. The number of nitrogens with one attached hydrogen (secondary N) is 4. The monoisotopic (exact) mass is 757 g/mol. The van der Waals surface area contributed by atoms with E-state index in [2.05, 4.69) is 51.6 Å². The van der Waals surface area contributed by atoms with Crippen LogP contribution >= 0.6 is 54.0 Å². The first-order valence-electron chi connectivity index (χ1n) is 16.3. The van der Waals surface area contributed by atoms with Crippen molar-refractivity contribution in [3.8, 4) is 0 Å². The quantitative estimate of drug-likeness (QED) is 0.260. The predicted molar refractivity (Wildman–Crippen MR) is 211 cm³/mol. The topological polar surface area (TPSA) is 154 Å². The summed E-state index contributed by atoms with van der Waals surface area (Å²) in [7, 11) is 1.29. The molecule has 4 heterocycles. The summed E-state index contributed by atoms with van der Waals surface area (Å²) in [5.41, 5.74) is 3.80. The molecule has 3 aromatic rings. The molecule has 16 heteroatoms. The number of alkyl carbamates (subject to hydrolysis) is 1. The molecule has 12 nitrogen and oxygen atoms in total. The van der Waals surface area contributed by atoms with Crippen molar-refractivity contribution in [2.45, 2.75) is 90.3 Å². The van der Waals surface area contributed by atoms with Gasteiger partial charge >= 0.3 is 6.09 Å². The Kier molecular flexibility index (Phi) is 19.0. The summed E-state index contributed by atoms with van der Waals surface area (Å²) < 4.78 is 10.6. The molecule has 0 aliphatic carbocycles. The number of aromatic amines is 2. The molecule has 4 N–H and O–H groups in total. The Morgan fingerprint density at radius 1 is 1.00 bits per heavy atom. The van der Waals surface area contributed by atoms with Crippen LogP contribution in [0.5, 0.6) is 0 Å². The fourth-order valence-corrected chi connectivity index (χ4v) is 6.12. The van der Waals surface area contributed by atoms with Crippen LogP contribution < -0.4 is 10.6 Å². The molecule has 2 aromatic heterocycles. The molecular weight excluding hydrogens is 703 g/mol. The molecule has 0 radical (unpaired) electrons. The summed E-state index contributed by atoms with van der Waals surface area (Å²) >= 11 is 0. The molecule has 2 aliphatic heterocycles. The molecule has 0 unspecified atom stereocenters. The van der Waals surface area contributed by atoms with Crippen molar-refractivity contribution in [1.29, 1.82) is 0 Å². The van der Waals surface area contributed by atoms with E-state index in [1.54, 1.807) is 6.20 Å². The fourth-order valence-electron chi connectivity index (χ4n) is 6.12. The average Bonchev–Trinajstić information content (AvgIpc) is 3.79. The molecule has 49 heavy (non-hydrogen) atoms. The second-order valence-electron chi connectivity index (χ2n) is 12.7. The van der Waals surface area contributed by atoms with E-state index in [9.17, 15) is 14.4 Å². The number of H-pyrrole nitrogens is 2. The van der Waals surface area contributed by atoms with Crippen LogP contribution in [0.25, 0.3) is 11.0 Å². The van der Waals surface area contributed by atoms with E-state index < -0.39 is 18.2 Å². The van der Waals surface area contributed by atoms with E-state index in [-0.39, 0.29) is 77.8 Å². The van der Waals surface area contributed by atoms with Gasteiger partial charge in [-0.05, 0) is 55.7 Å². The highest BCUT2D eigenvalue weighted by Gasteiger charge is 2.35. The molecular formula is C33H55N7O5S4. The van der Waals surface area contributed by atoms with Crippen molar-refractivity contribution in [2.75, 3.05) is 26.9 Å². The number of carbonyl (C=O) groups excluding carboxylic acids is 3. The van der Waals surface area contributed by atoms with Crippen molar-refractivity contribution in [1.82, 2.24) is 35.5 Å². The first kappa shape index (κ1) is 44.5. The maximum absolute atomic E-state index is 13.2. The van der Waals surface area contributed by atoms with Crippen molar-refractivity contribution in [3.63, 3.8) is 0 Å². The van der Waals surface area contributed by atoms with Crippen LogP contribution in [0.15, 0.2) is 24.4 Å². The Balaban J connectivity index is 0.00000300. The molecule has 3 amide bonds. The number of ether oxygens (including phenoxy) is 2. The maximum Gasteiger partial charge on any atom is 0.407 e. The highest BCUT2D eigenvalue weighted by Crippen LogP contribution is 2.34. The number of hydrogen-bond acceptors (Lipinski definition) is 7. The summed E-state index contributed by atoms with van der Waals surface area (Å²) in [6, 6.07) is 5.05. The SMILES string of the molecule is COC(=O)N[C@H]1CCCCCOCC[C@@H](c2ncc(Cc3ccc4nc([C@@H]5CCCN5C(=O)[C@@H](C)C(C)C)[nH]c4c3)[nH]2)NC1=O.S.S.S.S.